The number of fused-ring (bicyclic) bond motifs is 1. The third-order valence-corrected chi connectivity index (χ3v) is 6.00. The number of rotatable bonds is 5. The topological polar surface area (TPSA) is 47.8 Å². The van der Waals surface area contributed by atoms with Gasteiger partial charge >= 0.3 is 0 Å². The highest BCUT2D eigenvalue weighted by atomic mass is 79.9. The second kappa shape index (κ2) is 8.06. The molecule has 2 heterocycles. The summed E-state index contributed by atoms with van der Waals surface area (Å²) in [6.07, 6.45) is 3.51. The Morgan fingerprint density at radius 3 is 2.63 bits per heavy atom. The van der Waals surface area contributed by atoms with E-state index in [1.54, 1.807) is 28.7 Å². The van der Waals surface area contributed by atoms with Crippen molar-refractivity contribution in [2.45, 2.75) is 17.5 Å². The van der Waals surface area contributed by atoms with Crippen LogP contribution in [0.1, 0.15) is 11.1 Å². The van der Waals surface area contributed by atoms with Gasteiger partial charge in [-0.2, -0.15) is 0 Å². The third kappa shape index (κ3) is 3.96. The first-order chi connectivity index (χ1) is 13.2. The molecule has 0 spiro atoms. The number of hydrogen-bond acceptors (Lipinski definition) is 4. The summed E-state index contributed by atoms with van der Waals surface area (Å²) in [4.78, 5) is 22.0. The fourth-order valence-corrected chi connectivity index (χ4v) is 4.44. The molecule has 134 valence electrons. The standard InChI is InChI=1S/C21H16BrN3OS/c22-18-9-3-1-7-16(18)14-27-21-24-19-10-4-2-8-17(19)20(26)25(21)13-15-6-5-11-23-12-15/h1-12H,13-14H2. The van der Waals surface area contributed by atoms with E-state index in [4.69, 9.17) is 4.98 Å². The minimum atomic E-state index is -0.0286. The maximum atomic E-state index is 13.1. The van der Waals surface area contributed by atoms with Crippen LogP contribution in [0.25, 0.3) is 10.9 Å². The zero-order valence-electron chi connectivity index (χ0n) is 14.4. The van der Waals surface area contributed by atoms with E-state index in [-0.39, 0.29) is 5.56 Å². The molecule has 0 aliphatic rings. The summed E-state index contributed by atoms with van der Waals surface area (Å²) >= 11 is 5.15. The van der Waals surface area contributed by atoms with E-state index < -0.39 is 0 Å². The molecule has 2 aromatic carbocycles. The molecule has 0 bridgehead atoms. The summed E-state index contributed by atoms with van der Waals surface area (Å²) in [6, 6.07) is 19.4. The van der Waals surface area contributed by atoms with Gasteiger partial charge in [-0.1, -0.05) is 64.1 Å². The largest absolute Gasteiger partial charge is 0.283 e. The van der Waals surface area contributed by atoms with E-state index >= 15 is 0 Å². The first kappa shape index (κ1) is 17.9. The lowest BCUT2D eigenvalue weighted by Crippen LogP contribution is -2.24. The summed E-state index contributed by atoms with van der Waals surface area (Å²) in [5.74, 6) is 0.721. The monoisotopic (exact) mass is 437 g/mol. The molecule has 0 atom stereocenters. The molecular formula is C21H16BrN3OS. The van der Waals surface area contributed by atoms with Crippen molar-refractivity contribution in [1.29, 1.82) is 0 Å². The lowest BCUT2D eigenvalue weighted by molar-refractivity contribution is 0.656. The zero-order valence-corrected chi connectivity index (χ0v) is 16.8. The molecule has 0 aliphatic heterocycles. The van der Waals surface area contributed by atoms with Crippen LogP contribution in [0.2, 0.25) is 0 Å². The number of thioether (sulfide) groups is 1. The Morgan fingerprint density at radius 1 is 1.00 bits per heavy atom. The highest BCUT2D eigenvalue weighted by molar-refractivity contribution is 9.10. The van der Waals surface area contributed by atoms with Crippen molar-refractivity contribution in [3.05, 3.63) is 99.0 Å². The SMILES string of the molecule is O=c1c2ccccc2nc(SCc2ccccc2Br)n1Cc1cccnc1. The first-order valence-corrected chi connectivity index (χ1v) is 10.2. The molecule has 0 saturated carbocycles. The van der Waals surface area contributed by atoms with Crippen molar-refractivity contribution in [3.63, 3.8) is 0 Å². The van der Waals surface area contributed by atoms with Crippen molar-refractivity contribution in [3.8, 4) is 0 Å². The highest BCUT2D eigenvalue weighted by Crippen LogP contribution is 2.26. The minimum Gasteiger partial charge on any atom is -0.283 e. The number of hydrogen-bond donors (Lipinski definition) is 0. The quantitative estimate of drug-likeness (QED) is 0.329. The van der Waals surface area contributed by atoms with Gasteiger partial charge in [0.15, 0.2) is 5.16 Å². The lowest BCUT2D eigenvalue weighted by Gasteiger charge is -2.13. The molecular weight excluding hydrogens is 422 g/mol. The van der Waals surface area contributed by atoms with Gasteiger partial charge in [-0.3, -0.25) is 14.3 Å². The predicted molar refractivity (Wildman–Crippen MR) is 113 cm³/mol. The number of aromatic nitrogens is 3. The zero-order chi connectivity index (χ0) is 18.6. The Balaban J connectivity index is 1.76. The van der Waals surface area contributed by atoms with Crippen LogP contribution in [0, 0.1) is 0 Å². The predicted octanol–water partition coefficient (Wildman–Crippen LogP) is 4.89. The number of para-hydroxylation sites is 1. The molecule has 6 heteroatoms. The van der Waals surface area contributed by atoms with Crippen molar-refractivity contribution < 1.29 is 0 Å². The molecule has 0 aliphatic carbocycles. The molecule has 0 amide bonds. The average Bonchev–Trinajstić information content (AvgIpc) is 2.71. The van der Waals surface area contributed by atoms with Gasteiger partial charge in [0.25, 0.3) is 5.56 Å². The molecule has 0 fully saturated rings. The van der Waals surface area contributed by atoms with Crippen LogP contribution in [0.3, 0.4) is 0 Å². The summed E-state index contributed by atoms with van der Waals surface area (Å²) in [7, 11) is 0. The molecule has 2 aromatic heterocycles. The van der Waals surface area contributed by atoms with Gasteiger partial charge in [-0.05, 0) is 35.4 Å². The summed E-state index contributed by atoms with van der Waals surface area (Å²) in [5, 5.41) is 1.34. The minimum absolute atomic E-state index is 0.0286. The Bertz CT molecular complexity index is 1140. The third-order valence-electron chi connectivity index (χ3n) is 4.20. The number of benzene rings is 2. The van der Waals surface area contributed by atoms with E-state index in [0.717, 1.165) is 26.9 Å². The van der Waals surface area contributed by atoms with Gasteiger partial charge in [0.2, 0.25) is 0 Å². The molecule has 0 N–H and O–H groups in total. The van der Waals surface area contributed by atoms with Crippen LogP contribution in [0.5, 0.6) is 0 Å². The van der Waals surface area contributed by atoms with Crippen molar-refractivity contribution in [2.75, 3.05) is 0 Å². The highest BCUT2D eigenvalue weighted by Gasteiger charge is 2.13. The van der Waals surface area contributed by atoms with Gasteiger partial charge in [0.05, 0.1) is 17.4 Å². The normalized spacial score (nSPS) is 11.0. The second-order valence-electron chi connectivity index (χ2n) is 6.04. The van der Waals surface area contributed by atoms with Gasteiger partial charge < -0.3 is 0 Å². The fraction of sp³-hybridized carbons (Fsp3) is 0.0952. The van der Waals surface area contributed by atoms with E-state index in [1.807, 2.05) is 54.6 Å². The number of halogens is 1. The summed E-state index contributed by atoms with van der Waals surface area (Å²) < 4.78 is 2.79. The lowest BCUT2D eigenvalue weighted by atomic mass is 10.2. The number of pyridine rings is 1. The van der Waals surface area contributed by atoms with E-state index in [1.165, 1.54) is 0 Å². The second-order valence-corrected chi connectivity index (χ2v) is 7.84. The molecule has 4 nitrogen and oxygen atoms in total. The first-order valence-electron chi connectivity index (χ1n) is 8.47. The van der Waals surface area contributed by atoms with Crippen LogP contribution >= 0.6 is 27.7 Å². The van der Waals surface area contributed by atoms with E-state index in [9.17, 15) is 4.79 Å². The Morgan fingerprint density at radius 2 is 1.81 bits per heavy atom. The van der Waals surface area contributed by atoms with Gasteiger partial charge in [-0.25, -0.2) is 4.98 Å². The van der Waals surface area contributed by atoms with Crippen LogP contribution in [0.15, 0.2) is 87.5 Å². The smallest absolute Gasteiger partial charge is 0.262 e. The molecule has 4 aromatic rings. The summed E-state index contributed by atoms with van der Waals surface area (Å²) in [6.45, 7) is 0.447. The van der Waals surface area contributed by atoms with Crippen molar-refractivity contribution in [1.82, 2.24) is 14.5 Å². The van der Waals surface area contributed by atoms with E-state index in [2.05, 4.69) is 27.0 Å². The summed E-state index contributed by atoms with van der Waals surface area (Å²) in [5.41, 5.74) is 2.83. The Hall–Kier alpha value is -2.44. The molecule has 4 rings (SSSR count). The maximum absolute atomic E-state index is 13.1. The molecule has 27 heavy (non-hydrogen) atoms. The van der Waals surface area contributed by atoms with Gasteiger partial charge in [0, 0.05) is 22.6 Å². The maximum Gasteiger partial charge on any atom is 0.262 e. The van der Waals surface area contributed by atoms with E-state index in [0.29, 0.717) is 17.1 Å². The van der Waals surface area contributed by atoms with Crippen LogP contribution < -0.4 is 5.56 Å². The fourth-order valence-electron chi connectivity index (χ4n) is 2.83. The Labute approximate surface area is 169 Å². The average molecular weight is 438 g/mol. The molecule has 0 radical (unpaired) electrons. The number of nitrogens with zero attached hydrogens (tertiary/aromatic N) is 3. The van der Waals surface area contributed by atoms with Crippen LogP contribution in [0.4, 0.5) is 0 Å². The van der Waals surface area contributed by atoms with Crippen molar-refractivity contribution >= 4 is 38.6 Å². The van der Waals surface area contributed by atoms with Crippen molar-refractivity contribution in [2.24, 2.45) is 0 Å². The Kier molecular flexibility index (Phi) is 5.36. The van der Waals surface area contributed by atoms with Gasteiger partial charge in [0.1, 0.15) is 0 Å². The van der Waals surface area contributed by atoms with Crippen LogP contribution in [-0.2, 0) is 12.3 Å². The molecule has 0 saturated heterocycles. The van der Waals surface area contributed by atoms with Gasteiger partial charge in [-0.15, -0.1) is 0 Å². The van der Waals surface area contributed by atoms with Crippen LogP contribution in [-0.4, -0.2) is 14.5 Å². The molecule has 0 unspecified atom stereocenters.